The molecule has 6 heteroatoms. The van der Waals surface area contributed by atoms with Crippen molar-refractivity contribution in [3.05, 3.63) is 29.8 Å². The van der Waals surface area contributed by atoms with Crippen LogP contribution in [0.15, 0.2) is 24.3 Å². The second-order valence-electron chi connectivity index (χ2n) is 4.16. The van der Waals surface area contributed by atoms with Crippen molar-refractivity contribution in [2.45, 2.75) is 26.4 Å². The predicted molar refractivity (Wildman–Crippen MR) is 68.3 cm³/mol. The number of rotatable bonds is 6. The zero-order valence-electron chi connectivity index (χ0n) is 11.0. The van der Waals surface area contributed by atoms with Crippen LogP contribution in [0.1, 0.15) is 25.8 Å². The maximum atomic E-state index is 12.7. The van der Waals surface area contributed by atoms with Gasteiger partial charge in [0.05, 0.1) is 12.2 Å². The van der Waals surface area contributed by atoms with E-state index in [1.807, 2.05) is 6.92 Å². The molecule has 0 amide bonds. The molecule has 1 aromatic rings. The van der Waals surface area contributed by atoms with E-state index in [4.69, 9.17) is 4.74 Å². The van der Waals surface area contributed by atoms with Gasteiger partial charge in [-0.15, -0.1) is 6.58 Å². The standard InChI is InChI=1S/C13H17F3N2O/c1-4-17-11-7-10(13(14,15)16)8-12(18-11)19-6-5-9(2)3/h7-8H,2,4-6H2,1,3H3,(H,17,18). The van der Waals surface area contributed by atoms with Crippen LogP contribution in [0.5, 0.6) is 5.88 Å². The number of halogens is 3. The minimum atomic E-state index is -4.42. The van der Waals surface area contributed by atoms with Gasteiger partial charge in [-0.05, 0) is 19.9 Å². The van der Waals surface area contributed by atoms with Crippen LogP contribution in [0.2, 0.25) is 0 Å². The number of pyridine rings is 1. The van der Waals surface area contributed by atoms with E-state index in [2.05, 4.69) is 16.9 Å². The SMILES string of the molecule is C=C(C)CCOc1cc(C(F)(F)F)cc(NCC)n1. The van der Waals surface area contributed by atoms with Gasteiger partial charge in [-0.1, -0.05) is 5.57 Å². The number of aromatic nitrogens is 1. The van der Waals surface area contributed by atoms with Crippen LogP contribution in [0.4, 0.5) is 19.0 Å². The smallest absolute Gasteiger partial charge is 0.416 e. The molecule has 0 aliphatic rings. The molecule has 0 aliphatic heterocycles. The second-order valence-corrected chi connectivity index (χ2v) is 4.16. The highest BCUT2D eigenvalue weighted by Gasteiger charge is 2.31. The Balaban J connectivity index is 2.90. The summed E-state index contributed by atoms with van der Waals surface area (Å²) in [6.45, 7) is 8.05. The fourth-order valence-electron chi connectivity index (χ4n) is 1.34. The van der Waals surface area contributed by atoms with E-state index in [0.717, 1.165) is 17.7 Å². The largest absolute Gasteiger partial charge is 0.477 e. The van der Waals surface area contributed by atoms with E-state index in [-0.39, 0.29) is 18.3 Å². The molecule has 0 bridgehead atoms. The summed E-state index contributed by atoms with van der Waals surface area (Å²) in [4.78, 5) is 3.97. The minimum Gasteiger partial charge on any atom is -0.477 e. The summed E-state index contributed by atoms with van der Waals surface area (Å²) in [6.07, 6.45) is -3.84. The monoisotopic (exact) mass is 274 g/mol. The number of hydrogen-bond acceptors (Lipinski definition) is 3. The second kappa shape index (κ2) is 6.45. The van der Waals surface area contributed by atoms with Gasteiger partial charge in [-0.25, -0.2) is 0 Å². The van der Waals surface area contributed by atoms with Crippen molar-refractivity contribution in [2.75, 3.05) is 18.5 Å². The summed E-state index contributed by atoms with van der Waals surface area (Å²) in [5.41, 5.74) is 0.127. The van der Waals surface area contributed by atoms with E-state index in [1.165, 1.54) is 0 Å². The molecule has 0 unspecified atom stereocenters. The highest BCUT2D eigenvalue weighted by atomic mass is 19.4. The zero-order chi connectivity index (χ0) is 14.5. The van der Waals surface area contributed by atoms with E-state index in [9.17, 15) is 13.2 Å². The lowest BCUT2D eigenvalue weighted by molar-refractivity contribution is -0.137. The molecule has 19 heavy (non-hydrogen) atoms. The summed E-state index contributed by atoms with van der Waals surface area (Å²) in [6, 6.07) is 1.87. The quantitative estimate of drug-likeness (QED) is 0.799. The molecule has 1 aromatic heterocycles. The van der Waals surface area contributed by atoms with Gasteiger partial charge in [0, 0.05) is 19.0 Å². The first-order chi connectivity index (χ1) is 8.82. The van der Waals surface area contributed by atoms with Gasteiger partial charge < -0.3 is 10.1 Å². The number of anilines is 1. The predicted octanol–water partition coefficient (Wildman–Crippen LogP) is 3.88. The highest BCUT2D eigenvalue weighted by molar-refractivity contribution is 5.42. The lowest BCUT2D eigenvalue weighted by atomic mass is 10.2. The number of hydrogen-bond donors (Lipinski definition) is 1. The Hall–Kier alpha value is -1.72. The normalized spacial score (nSPS) is 11.2. The fraction of sp³-hybridized carbons (Fsp3) is 0.462. The van der Waals surface area contributed by atoms with E-state index in [0.29, 0.717) is 13.0 Å². The molecule has 0 spiro atoms. The van der Waals surface area contributed by atoms with Gasteiger partial charge in [-0.2, -0.15) is 18.2 Å². The van der Waals surface area contributed by atoms with Gasteiger partial charge in [0.25, 0.3) is 0 Å². The van der Waals surface area contributed by atoms with Crippen molar-refractivity contribution in [2.24, 2.45) is 0 Å². The first-order valence-electron chi connectivity index (χ1n) is 5.93. The van der Waals surface area contributed by atoms with Crippen LogP contribution < -0.4 is 10.1 Å². The number of nitrogens with one attached hydrogen (secondary N) is 1. The average Bonchev–Trinajstić information content (AvgIpc) is 2.27. The minimum absolute atomic E-state index is 0.0352. The summed E-state index contributed by atoms with van der Waals surface area (Å²) in [5.74, 6) is 0.120. The number of nitrogens with zero attached hydrogens (tertiary/aromatic N) is 1. The zero-order valence-corrected chi connectivity index (χ0v) is 11.0. The van der Waals surface area contributed by atoms with E-state index in [1.54, 1.807) is 6.92 Å². The first-order valence-corrected chi connectivity index (χ1v) is 5.93. The van der Waals surface area contributed by atoms with Crippen LogP contribution >= 0.6 is 0 Å². The maximum Gasteiger partial charge on any atom is 0.416 e. The van der Waals surface area contributed by atoms with Crippen LogP contribution in [-0.4, -0.2) is 18.1 Å². The third kappa shape index (κ3) is 5.19. The van der Waals surface area contributed by atoms with Crippen molar-refractivity contribution in [1.82, 2.24) is 4.98 Å². The molecule has 1 rings (SSSR count). The maximum absolute atomic E-state index is 12.7. The van der Waals surface area contributed by atoms with Gasteiger partial charge in [0.1, 0.15) is 5.82 Å². The van der Waals surface area contributed by atoms with E-state index >= 15 is 0 Å². The van der Waals surface area contributed by atoms with Crippen molar-refractivity contribution in [3.63, 3.8) is 0 Å². The third-order valence-corrected chi connectivity index (χ3v) is 2.27. The number of ether oxygens (including phenoxy) is 1. The number of alkyl halides is 3. The Kier molecular flexibility index (Phi) is 5.20. The molecule has 1 heterocycles. The Morgan fingerprint density at radius 1 is 1.42 bits per heavy atom. The van der Waals surface area contributed by atoms with Crippen molar-refractivity contribution >= 4 is 5.82 Å². The average molecular weight is 274 g/mol. The van der Waals surface area contributed by atoms with Crippen molar-refractivity contribution < 1.29 is 17.9 Å². The van der Waals surface area contributed by atoms with E-state index < -0.39 is 11.7 Å². The molecular formula is C13H17F3N2O. The Bertz CT molecular complexity index is 444. The van der Waals surface area contributed by atoms with Crippen LogP contribution in [0, 0.1) is 0 Å². The van der Waals surface area contributed by atoms with Gasteiger partial charge >= 0.3 is 6.18 Å². The lowest BCUT2D eigenvalue weighted by Gasteiger charge is -2.12. The van der Waals surface area contributed by atoms with Gasteiger partial charge in [0.15, 0.2) is 0 Å². The molecule has 0 fully saturated rings. The lowest BCUT2D eigenvalue weighted by Crippen LogP contribution is -2.10. The first kappa shape index (κ1) is 15.3. The van der Waals surface area contributed by atoms with Crippen LogP contribution in [0.25, 0.3) is 0 Å². The summed E-state index contributed by atoms with van der Waals surface area (Å²) in [7, 11) is 0. The van der Waals surface area contributed by atoms with Crippen molar-refractivity contribution in [3.8, 4) is 5.88 Å². The summed E-state index contributed by atoms with van der Waals surface area (Å²) >= 11 is 0. The molecule has 106 valence electrons. The molecule has 0 atom stereocenters. The molecule has 3 nitrogen and oxygen atoms in total. The van der Waals surface area contributed by atoms with Crippen molar-refractivity contribution in [1.29, 1.82) is 0 Å². The molecule has 0 radical (unpaired) electrons. The highest BCUT2D eigenvalue weighted by Crippen LogP contribution is 2.32. The van der Waals surface area contributed by atoms with Crippen LogP contribution in [0.3, 0.4) is 0 Å². The molecular weight excluding hydrogens is 257 g/mol. The third-order valence-electron chi connectivity index (χ3n) is 2.27. The van der Waals surface area contributed by atoms with Crippen LogP contribution in [-0.2, 0) is 6.18 Å². The Morgan fingerprint density at radius 2 is 2.11 bits per heavy atom. The molecule has 0 saturated heterocycles. The Morgan fingerprint density at radius 3 is 2.63 bits per heavy atom. The molecule has 0 saturated carbocycles. The Labute approximate surface area is 110 Å². The molecule has 0 aliphatic carbocycles. The van der Waals surface area contributed by atoms with Gasteiger partial charge in [-0.3, -0.25) is 0 Å². The molecule has 0 aromatic carbocycles. The molecule has 1 N–H and O–H groups in total. The summed E-state index contributed by atoms with van der Waals surface area (Å²) in [5, 5.41) is 2.75. The summed E-state index contributed by atoms with van der Waals surface area (Å²) < 4.78 is 43.4. The fourth-order valence-corrected chi connectivity index (χ4v) is 1.34. The van der Waals surface area contributed by atoms with Gasteiger partial charge in [0.2, 0.25) is 5.88 Å². The topological polar surface area (TPSA) is 34.1 Å².